The van der Waals surface area contributed by atoms with E-state index in [1.54, 1.807) is 0 Å². The molecule has 5 heteroatoms. The molecule has 0 amide bonds. The topological polar surface area (TPSA) is 25.8 Å². The number of hydrogen-bond donors (Lipinski definition) is 0. The summed E-state index contributed by atoms with van der Waals surface area (Å²) in [4.78, 5) is 7.44. The highest BCUT2D eigenvalue weighted by atomic mass is 35.5. The lowest BCUT2D eigenvalue weighted by molar-refractivity contribution is 0.505. The van der Waals surface area contributed by atoms with Crippen molar-refractivity contribution in [3.05, 3.63) is 47.0 Å². The summed E-state index contributed by atoms with van der Waals surface area (Å²) >= 11 is 5.78. The third-order valence-corrected chi connectivity index (χ3v) is 2.53. The number of benzene rings is 1. The molecule has 0 fully saturated rings. The van der Waals surface area contributed by atoms with Gasteiger partial charge in [0.25, 0.3) is 0 Å². The van der Waals surface area contributed by atoms with Crippen LogP contribution in [-0.4, -0.2) is 9.97 Å². The molecule has 1 aromatic carbocycles. The first-order valence-electron chi connectivity index (χ1n) is 4.51. The molecule has 0 N–H and O–H groups in total. The second-order valence-electron chi connectivity index (χ2n) is 3.29. The van der Waals surface area contributed by atoms with Crippen LogP contribution < -0.4 is 0 Å². The van der Waals surface area contributed by atoms with Gasteiger partial charge in [0, 0.05) is 17.3 Å². The number of hydrogen-bond acceptors (Lipinski definition) is 2. The fourth-order valence-corrected chi connectivity index (χ4v) is 1.54. The Morgan fingerprint density at radius 2 is 1.88 bits per heavy atom. The number of aryl methyl sites for hydroxylation is 1. The lowest BCUT2D eigenvalue weighted by atomic mass is 10.1. The molecule has 2 rings (SSSR count). The van der Waals surface area contributed by atoms with Gasteiger partial charge in [-0.15, -0.1) is 0 Å². The molecule has 16 heavy (non-hydrogen) atoms. The Hall–Kier alpha value is -1.55. The van der Waals surface area contributed by atoms with Crippen LogP contribution in [0.5, 0.6) is 0 Å². The minimum atomic E-state index is -0.934. The first-order valence-corrected chi connectivity index (χ1v) is 4.89. The van der Waals surface area contributed by atoms with Crippen molar-refractivity contribution in [2.75, 3.05) is 0 Å². The van der Waals surface area contributed by atoms with Gasteiger partial charge in [-0.05, 0) is 12.5 Å². The molecular weight excluding hydrogens is 234 g/mol. The summed E-state index contributed by atoms with van der Waals surface area (Å²) in [6.07, 6.45) is 2.59. The summed E-state index contributed by atoms with van der Waals surface area (Å²) in [6, 6.07) is 2.94. The lowest BCUT2D eigenvalue weighted by Gasteiger charge is -2.06. The number of halogens is 3. The van der Waals surface area contributed by atoms with Crippen LogP contribution in [0.1, 0.15) is 5.56 Å². The quantitative estimate of drug-likeness (QED) is 0.714. The smallest absolute Gasteiger partial charge is 0.167 e. The van der Waals surface area contributed by atoms with Crippen LogP contribution in [0.4, 0.5) is 8.78 Å². The van der Waals surface area contributed by atoms with Crippen molar-refractivity contribution >= 4 is 11.6 Å². The third-order valence-electron chi connectivity index (χ3n) is 2.23. The predicted octanol–water partition coefficient (Wildman–Crippen LogP) is 3.38. The van der Waals surface area contributed by atoms with Gasteiger partial charge in [0.2, 0.25) is 0 Å². The fourth-order valence-electron chi connectivity index (χ4n) is 1.35. The summed E-state index contributed by atoms with van der Waals surface area (Å²) < 4.78 is 27.0. The summed E-state index contributed by atoms with van der Waals surface area (Å²) in [5.74, 6) is -1.81. The Bertz CT molecular complexity index is 544. The molecule has 82 valence electrons. The molecule has 0 saturated carbocycles. The van der Waals surface area contributed by atoms with E-state index >= 15 is 0 Å². The molecule has 0 bridgehead atoms. The van der Waals surface area contributed by atoms with Gasteiger partial charge in [0.1, 0.15) is 11.5 Å². The molecule has 0 radical (unpaired) electrons. The van der Waals surface area contributed by atoms with E-state index < -0.39 is 11.6 Å². The van der Waals surface area contributed by atoms with Crippen LogP contribution in [0.3, 0.4) is 0 Å². The van der Waals surface area contributed by atoms with E-state index in [2.05, 4.69) is 9.97 Å². The van der Waals surface area contributed by atoms with Crippen molar-refractivity contribution in [3.63, 3.8) is 0 Å². The molecule has 0 saturated heterocycles. The highest BCUT2D eigenvalue weighted by Gasteiger charge is 2.15. The molecule has 2 aromatic rings. The van der Waals surface area contributed by atoms with Gasteiger partial charge >= 0.3 is 0 Å². The Morgan fingerprint density at radius 1 is 1.12 bits per heavy atom. The van der Waals surface area contributed by atoms with E-state index in [9.17, 15) is 8.78 Å². The van der Waals surface area contributed by atoms with E-state index in [0.29, 0.717) is 0 Å². The second-order valence-corrected chi connectivity index (χ2v) is 3.64. The molecule has 1 aromatic heterocycles. The summed E-state index contributed by atoms with van der Waals surface area (Å²) in [5, 5.41) is 0.0946. The van der Waals surface area contributed by atoms with Crippen molar-refractivity contribution in [3.8, 4) is 11.1 Å². The van der Waals surface area contributed by atoms with Gasteiger partial charge in [-0.2, -0.15) is 0 Å². The molecule has 0 aliphatic carbocycles. The van der Waals surface area contributed by atoms with Crippen LogP contribution in [-0.2, 0) is 0 Å². The van der Waals surface area contributed by atoms with Gasteiger partial charge in [-0.1, -0.05) is 23.7 Å². The maximum Gasteiger partial charge on any atom is 0.167 e. The predicted molar refractivity (Wildman–Crippen MR) is 57.1 cm³/mol. The SMILES string of the molecule is Cc1ccc(-c2cncnc2Cl)c(F)c1F. The third kappa shape index (κ3) is 1.76. The number of aromatic nitrogens is 2. The Kier molecular flexibility index (Phi) is 2.83. The normalized spacial score (nSPS) is 10.5. The van der Waals surface area contributed by atoms with Crippen molar-refractivity contribution in [1.29, 1.82) is 0 Å². The van der Waals surface area contributed by atoms with Gasteiger partial charge in [0.05, 0.1) is 0 Å². The largest absolute Gasteiger partial charge is 0.244 e. The van der Waals surface area contributed by atoms with E-state index in [1.807, 2.05) is 0 Å². The second kappa shape index (κ2) is 4.14. The average Bonchev–Trinajstić information content (AvgIpc) is 2.28. The van der Waals surface area contributed by atoms with E-state index in [4.69, 9.17) is 11.6 Å². The van der Waals surface area contributed by atoms with Crippen LogP contribution in [0, 0.1) is 18.6 Å². The van der Waals surface area contributed by atoms with Crippen molar-refractivity contribution in [1.82, 2.24) is 9.97 Å². The molecule has 1 heterocycles. The Labute approximate surface area is 95.9 Å². The lowest BCUT2D eigenvalue weighted by Crippen LogP contribution is -1.94. The standard InChI is InChI=1S/C11H7ClF2N2/c1-6-2-3-7(10(14)9(6)13)8-4-15-5-16-11(8)12/h2-5H,1H3. The maximum absolute atomic E-state index is 13.6. The van der Waals surface area contributed by atoms with E-state index in [1.165, 1.54) is 31.6 Å². The van der Waals surface area contributed by atoms with Gasteiger partial charge in [-0.3, -0.25) is 0 Å². The van der Waals surface area contributed by atoms with Crippen LogP contribution in [0.15, 0.2) is 24.7 Å². The van der Waals surface area contributed by atoms with Gasteiger partial charge in [0.15, 0.2) is 11.6 Å². The molecule has 0 aliphatic rings. The molecule has 0 unspecified atom stereocenters. The molecule has 2 nitrogen and oxygen atoms in total. The monoisotopic (exact) mass is 240 g/mol. The zero-order valence-electron chi connectivity index (χ0n) is 8.34. The van der Waals surface area contributed by atoms with E-state index in [-0.39, 0.29) is 21.8 Å². The minimum Gasteiger partial charge on any atom is -0.244 e. The van der Waals surface area contributed by atoms with Gasteiger partial charge < -0.3 is 0 Å². The van der Waals surface area contributed by atoms with Crippen molar-refractivity contribution in [2.24, 2.45) is 0 Å². The Morgan fingerprint density at radius 3 is 2.56 bits per heavy atom. The van der Waals surface area contributed by atoms with Crippen LogP contribution in [0.25, 0.3) is 11.1 Å². The molecular formula is C11H7ClF2N2. The zero-order valence-corrected chi connectivity index (χ0v) is 9.09. The highest BCUT2D eigenvalue weighted by molar-refractivity contribution is 6.32. The molecule has 0 spiro atoms. The summed E-state index contributed by atoms with van der Waals surface area (Å²) in [6.45, 7) is 1.49. The fraction of sp³-hybridized carbons (Fsp3) is 0.0909. The van der Waals surface area contributed by atoms with Gasteiger partial charge in [-0.25, -0.2) is 18.7 Å². The van der Waals surface area contributed by atoms with Crippen molar-refractivity contribution < 1.29 is 8.78 Å². The number of rotatable bonds is 1. The van der Waals surface area contributed by atoms with Crippen LogP contribution >= 0.6 is 11.6 Å². The summed E-state index contributed by atoms with van der Waals surface area (Å²) in [7, 11) is 0. The van der Waals surface area contributed by atoms with Crippen LogP contribution in [0.2, 0.25) is 5.15 Å². The first-order chi connectivity index (χ1) is 7.61. The summed E-state index contributed by atoms with van der Waals surface area (Å²) in [5.41, 5.74) is 0.587. The minimum absolute atomic E-state index is 0.0636. The number of nitrogens with zero attached hydrogens (tertiary/aromatic N) is 2. The Balaban J connectivity index is 2.66. The van der Waals surface area contributed by atoms with Crippen molar-refractivity contribution in [2.45, 2.75) is 6.92 Å². The average molecular weight is 241 g/mol. The first kappa shape index (κ1) is 11.0. The molecule has 0 aliphatic heterocycles. The maximum atomic E-state index is 13.6. The zero-order chi connectivity index (χ0) is 11.7. The highest BCUT2D eigenvalue weighted by Crippen LogP contribution is 2.29. The van der Waals surface area contributed by atoms with E-state index in [0.717, 1.165) is 0 Å². The molecule has 0 atom stereocenters.